The molecule has 15 heavy (non-hydrogen) atoms. The Bertz CT molecular complexity index is 376. The van der Waals surface area contributed by atoms with Gasteiger partial charge in [-0.25, -0.2) is 4.98 Å². The van der Waals surface area contributed by atoms with Crippen molar-refractivity contribution in [3.8, 4) is 5.75 Å². The molecule has 2 rings (SSSR count). The minimum absolute atomic E-state index is 0.101. The second-order valence-electron chi connectivity index (χ2n) is 3.30. The van der Waals surface area contributed by atoms with Crippen molar-refractivity contribution in [2.45, 2.75) is 25.1 Å². The van der Waals surface area contributed by atoms with Crippen LogP contribution in [-0.4, -0.2) is 11.1 Å². The Hall–Kier alpha value is -0.780. The van der Waals surface area contributed by atoms with E-state index >= 15 is 0 Å². The lowest BCUT2D eigenvalue weighted by Gasteiger charge is -2.09. The van der Waals surface area contributed by atoms with Gasteiger partial charge in [-0.05, 0) is 40.9 Å². The quantitative estimate of drug-likeness (QED) is 0.775. The molecule has 0 amide bonds. The van der Waals surface area contributed by atoms with Gasteiger partial charge in [-0.2, -0.15) is 13.2 Å². The average Bonchev–Trinajstić information content (AvgIpc) is 2.90. The first-order chi connectivity index (χ1) is 6.97. The Morgan fingerprint density at radius 2 is 2.00 bits per heavy atom. The molecule has 0 unspecified atom stereocenters. The van der Waals surface area contributed by atoms with Crippen molar-refractivity contribution in [2.24, 2.45) is 0 Å². The molecule has 0 bridgehead atoms. The largest absolute Gasteiger partial charge is 0.488 e. The van der Waals surface area contributed by atoms with Gasteiger partial charge in [-0.1, -0.05) is 0 Å². The summed E-state index contributed by atoms with van der Waals surface area (Å²) in [5.41, 5.74) is -0.919. The highest BCUT2D eigenvalue weighted by molar-refractivity contribution is 9.10. The zero-order valence-electron chi connectivity index (χ0n) is 7.51. The molecule has 82 valence electrons. The summed E-state index contributed by atoms with van der Waals surface area (Å²) >= 11 is 2.96. The molecule has 1 aliphatic rings. The molecule has 0 radical (unpaired) electrons. The van der Waals surface area contributed by atoms with E-state index in [-0.39, 0.29) is 10.7 Å². The highest BCUT2D eigenvalue weighted by Gasteiger charge is 2.33. The standard InChI is InChI=1S/C9H7BrF3NO/c10-8-6(15-5-1-2-5)3-4-7(14-8)9(11,12)13/h3-5H,1-2H2. The van der Waals surface area contributed by atoms with E-state index in [1.165, 1.54) is 6.07 Å². The van der Waals surface area contributed by atoms with Crippen molar-refractivity contribution in [2.75, 3.05) is 0 Å². The highest BCUT2D eigenvalue weighted by atomic mass is 79.9. The zero-order valence-corrected chi connectivity index (χ0v) is 9.10. The fourth-order valence-electron chi connectivity index (χ4n) is 1.03. The number of aromatic nitrogens is 1. The van der Waals surface area contributed by atoms with Gasteiger partial charge < -0.3 is 4.74 Å². The fraction of sp³-hybridized carbons (Fsp3) is 0.444. The minimum atomic E-state index is -4.42. The molecule has 1 saturated carbocycles. The molecule has 0 N–H and O–H groups in total. The molecule has 1 aromatic heterocycles. The smallest absolute Gasteiger partial charge is 0.433 e. The summed E-state index contributed by atoms with van der Waals surface area (Å²) in [6, 6.07) is 2.21. The monoisotopic (exact) mass is 281 g/mol. The predicted octanol–water partition coefficient (Wildman–Crippen LogP) is 3.40. The zero-order chi connectivity index (χ0) is 11.1. The molecule has 0 saturated heterocycles. The lowest BCUT2D eigenvalue weighted by molar-refractivity contribution is -0.141. The normalized spacial score (nSPS) is 16.5. The molecule has 1 heterocycles. The molecule has 0 aliphatic heterocycles. The van der Waals surface area contributed by atoms with E-state index < -0.39 is 11.9 Å². The molecule has 0 spiro atoms. The summed E-state index contributed by atoms with van der Waals surface area (Å²) in [4.78, 5) is 3.39. The lowest BCUT2D eigenvalue weighted by Crippen LogP contribution is -2.08. The van der Waals surface area contributed by atoms with Crippen molar-refractivity contribution in [1.29, 1.82) is 0 Å². The maximum Gasteiger partial charge on any atom is 0.433 e. The Morgan fingerprint density at radius 3 is 2.47 bits per heavy atom. The second kappa shape index (κ2) is 3.66. The number of halogens is 4. The number of pyridine rings is 1. The van der Waals surface area contributed by atoms with Crippen LogP contribution in [-0.2, 0) is 6.18 Å². The fourth-order valence-corrected chi connectivity index (χ4v) is 1.45. The van der Waals surface area contributed by atoms with E-state index in [2.05, 4.69) is 20.9 Å². The molecule has 1 fully saturated rings. The summed E-state index contributed by atoms with van der Waals surface area (Å²) in [5, 5.41) is 0. The maximum atomic E-state index is 12.3. The number of hydrogen-bond donors (Lipinski definition) is 0. The topological polar surface area (TPSA) is 22.1 Å². The van der Waals surface area contributed by atoms with E-state index in [1.54, 1.807) is 0 Å². The summed E-state index contributed by atoms with van der Waals surface area (Å²) in [6.45, 7) is 0. The van der Waals surface area contributed by atoms with Gasteiger partial charge in [0, 0.05) is 0 Å². The van der Waals surface area contributed by atoms with Crippen molar-refractivity contribution in [3.05, 3.63) is 22.4 Å². The summed E-state index contributed by atoms with van der Waals surface area (Å²) in [5.74, 6) is 0.366. The second-order valence-corrected chi connectivity index (χ2v) is 4.05. The van der Waals surface area contributed by atoms with Crippen molar-refractivity contribution in [1.82, 2.24) is 4.98 Å². The van der Waals surface area contributed by atoms with E-state index in [9.17, 15) is 13.2 Å². The van der Waals surface area contributed by atoms with Gasteiger partial charge in [0.15, 0.2) is 5.75 Å². The number of hydrogen-bond acceptors (Lipinski definition) is 2. The Labute approximate surface area is 92.6 Å². The third-order valence-corrected chi connectivity index (χ3v) is 2.49. The van der Waals surface area contributed by atoms with Crippen LogP contribution >= 0.6 is 15.9 Å². The molecule has 1 aliphatic carbocycles. The first kappa shape index (κ1) is 10.7. The van der Waals surface area contributed by atoms with Crippen LogP contribution in [0.25, 0.3) is 0 Å². The molecular formula is C9H7BrF3NO. The van der Waals surface area contributed by atoms with Crippen molar-refractivity contribution >= 4 is 15.9 Å². The Kier molecular flexibility index (Phi) is 2.62. The predicted molar refractivity (Wildman–Crippen MR) is 50.6 cm³/mol. The number of alkyl halides is 3. The van der Waals surface area contributed by atoms with E-state index in [0.29, 0.717) is 5.75 Å². The van der Waals surface area contributed by atoms with Gasteiger partial charge in [0.05, 0.1) is 6.10 Å². The van der Waals surface area contributed by atoms with E-state index in [0.717, 1.165) is 18.9 Å². The average molecular weight is 282 g/mol. The Morgan fingerprint density at radius 1 is 1.33 bits per heavy atom. The third-order valence-electron chi connectivity index (χ3n) is 1.92. The number of ether oxygens (including phenoxy) is 1. The van der Waals surface area contributed by atoms with Crippen LogP contribution < -0.4 is 4.74 Å². The molecule has 2 nitrogen and oxygen atoms in total. The van der Waals surface area contributed by atoms with Gasteiger partial charge in [0.25, 0.3) is 0 Å². The summed E-state index contributed by atoms with van der Waals surface area (Å²) < 4.78 is 42.2. The summed E-state index contributed by atoms with van der Waals surface area (Å²) in [7, 11) is 0. The van der Waals surface area contributed by atoms with Gasteiger partial charge in [-0.15, -0.1) is 0 Å². The molecule has 1 aromatic rings. The van der Waals surface area contributed by atoms with Crippen LogP contribution in [0.1, 0.15) is 18.5 Å². The van der Waals surface area contributed by atoms with Crippen LogP contribution in [0.2, 0.25) is 0 Å². The van der Waals surface area contributed by atoms with E-state index in [4.69, 9.17) is 4.74 Å². The summed E-state index contributed by atoms with van der Waals surface area (Å²) in [6.07, 6.45) is -2.37. The Balaban J connectivity index is 2.21. The minimum Gasteiger partial charge on any atom is -0.488 e. The lowest BCUT2D eigenvalue weighted by atomic mass is 10.3. The van der Waals surface area contributed by atoms with Gasteiger partial charge in [0.2, 0.25) is 0 Å². The van der Waals surface area contributed by atoms with Crippen molar-refractivity contribution < 1.29 is 17.9 Å². The van der Waals surface area contributed by atoms with Crippen LogP contribution in [0.4, 0.5) is 13.2 Å². The van der Waals surface area contributed by atoms with Crippen LogP contribution in [0.3, 0.4) is 0 Å². The molecular weight excluding hydrogens is 275 g/mol. The van der Waals surface area contributed by atoms with Gasteiger partial charge in [0.1, 0.15) is 10.3 Å². The van der Waals surface area contributed by atoms with Gasteiger partial charge in [-0.3, -0.25) is 0 Å². The van der Waals surface area contributed by atoms with Crippen LogP contribution in [0.5, 0.6) is 5.75 Å². The number of nitrogens with zero attached hydrogens (tertiary/aromatic N) is 1. The molecule has 0 aromatic carbocycles. The van der Waals surface area contributed by atoms with Crippen LogP contribution in [0.15, 0.2) is 16.7 Å². The highest BCUT2D eigenvalue weighted by Crippen LogP contribution is 2.34. The van der Waals surface area contributed by atoms with Gasteiger partial charge >= 0.3 is 6.18 Å². The first-order valence-electron chi connectivity index (χ1n) is 4.37. The molecule has 0 atom stereocenters. The van der Waals surface area contributed by atoms with E-state index in [1.807, 2.05) is 0 Å². The maximum absolute atomic E-state index is 12.3. The number of rotatable bonds is 2. The third kappa shape index (κ3) is 2.62. The first-order valence-corrected chi connectivity index (χ1v) is 5.16. The SMILES string of the molecule is FC(F)(F)c1ccc(OC2CC2)c(Br)n1. The molecule has 6 heteroatoms. The van der Waals surface area contributed by atoms with Crippen molar-refractivity contribution in [3.63, 3.8) is 0 Å². The van der Waals surface area contributed by atoms with Crippen LogP contribution in [0, 0.1) is 0 Å².